The van der Waals surface area contributed by atoms with E-state index in [1.165, 1.54) is 4.90 Å². The number of benzene rings is 1. The van der Waals surface area contributed by atoms with Crippen LogP contribution < -0.4 is 4.90 Å². The highest BCUT2D eigenvalue weighted by molar-refractivity contribution is 6.40. The van der Waals surface area contributed by atoms with Gasteiger partial charge in [-0.25, -0.2) is 0 Å². The summed E-state index contributed by atoms with van der Waals surface area (Å²) in [4.78, 5) is 27.4. The summed E-state index contributed by atoms with van der Waals surface area (Å²) in [6.45, 7) is 5.25. The lowest BCUT2D eigenvalue weighted by Gasteiger charge is -2.24. The first kappa shape index (κ1) is 15.2. The molecule has 104 valence electrons. The fraction of sp³-hybridized carbons (Fsp3) is 0.467. The number of carbonyl (C=O) groups is 2. The fourth-order valence-corrected chi connectivity index (χ4v) is 1.90. The van der Waals surface area contributed by atoms with E-state index in [4.69, 9.17) is 0 Å². The molecule has 0 aromatic heterocycles. The van der Waals surface area contributed by atoms with E-state index in [2.05, 4.69) is 0 Å². The minimum atomic E-state index is -0.479. The van der Waals surface area contributed by atoms with Crippen molar-refractivity contribution in [3.8, 4) is 0 Å². The largest absolute Gasteiger partial charge is 0.334 e. The highest BCUT2D eigenvalue weighted by atomic mass is 16.2. The lowest BCUT2D eigenvalue weighted by molar-refractivity contribution is -0.144. The van der Waals surface area contributed by atoms with Gasteiger partial charge in [0.05, 0.1) is 0 Å². The predicted molar refractivity (Wildman–Crippen MR) is 77.0 cm³/mol. The molecule has 0 aliphatic rings. The van der Waals surface area contributed by atoms with Gasteiger partial charge in [0.1, 0.15) is 0 Å². The Hall–Kier alpha value is -1.84. The average Bonchev–Trinajstić information content (AvgIpc) is 2.45. The monoisotopic (exact) mass is 262 g/mol. The molecule has 1 aromatic rings. The summed E-state index contributed by atoms with van der Waals surface area (Å²) >= 11 is 0. The summed E-state index contributed by atoms with van der Waals surface area (Å²) in [5, 5.41) is 0. The number of anilines is 1. The maximum absolute atomic E-state index is 12.2. The Balaban J connectivity index is 2.77. The molecular formula is C15H22N2O2. The number of para-hydroxylation sites is 1. The van der Waals surface area contributed by atoms with Gasteiger partial charge < -0.3 is 9.80 Å². The summed E-state index contributed by atoms with van der Waals surface area (Å²) in [5.74, 6) is -0.900. The number of amides is 2. The highest BCUT2D eigenvalue weighted by Crippen LogP contribution is 2.12. The third-order valence-electron chi connectivity index (χ3n) is 2.91. The summed E-state index contributed by atoms with van der Waals surface area (Å²) in [6.07, 6.45) is 1.71. The molecule has 0 saturated carbocycles. The van der Waals surface area contributed by atoms with E-state index >= 15 is 0 Å². The Morgan fingerprint density at radius 3 is 1.95 bits per heavy atom. The summed E-state index contributed by atoms with van der Waals surface area (Å²) in [6, 6.07) is 9.20. The lowest BCUT2D eigenvalue weighted by atomic mass is 10.2. The van der Waals surface area contributed by atoms with E-state index in [1.54, 1.807) is 11.9 Å². The summed E-state index contributed by atoms with van der Waals surface area (Å²) in [7, 11) is 1.63. The zero-order valence-electron chi connectivity index (χ0n) is 11.9. The highest BCUT2D eigenvalue weighted by Gasteiger charge is 2.24. The van der Waals surface area contributed by atoms with Crippen LogP contribution in [0, 0.1) is 0 Å². The zero-order chi connectivity index (χ0) is 14.3. The van der Waals surface area contributed by atoms with Crippen molar-refractivity contribution in [1.29, 1.82) is 0 Å². The van der Waals surface area contributed by atoms with E-state index in [9.17, 15) is 9.59 Å². The van der Waals surface area contributed by atoms with Crippen molar-refractivity contribution in [3.05, 3.63) is 30.3 Å². The Morgan fingerprint density at radius 2 is 1.47 bits per heavy atom. The molecule has 0 fully saturated rings. The first-order valence-corrected chi connectivity index (χ1v) is 6.73. The average molecular weight is 262 g/mol. The summed E-state index contributed by atoms with van der Waals surface area (Å²) < 4.78 is 0. The summed E-state index contributed by atoms with van der Waals surface area (Å²) in [5.41, 5.74) is 0.730. The van der Waals surface area contributed by atoms with E-state index in [1.807, 2.05) is 44.2 Å². The first-order chi connectivity index (χ1) is 9.11. The molecule has 4 nitrogen and oxygen atoms in total. The van der Waals surface area contributed by atoms with Crippen LogP contribution in [0.1, 0.15) is 26.7 Å². The number of carbonyl (C=O) groups excluding carboxylic acids is 2. The number of likely N-dealkylation sites (N-methyl/N-ethyl adjacent to an activating group) is 1. The molecule has 1 rings (SSSR count). The molecule has 0 heterocycles. The van der Waals surface area contributed by atoms with Gasteiger partial charge in [0.2, 0.25) is 0 Å². The van der Waals surface area contributed by atoms with Crippen molar-refractivity contribution >= 4 is 17.5 Å². The van der Waals surface area contributed by atoms with E-state index in [-0.39, 0.29) is 0 Å². The van der Waals surface area contributed by atoms with Crippen molar-refractivity contribution in [1.82, 2.24) is 4.90 Å². The SMILES string of the molecule is CCCN(CCC)C(=O)C(=O)N(C)c1ccccc1. The number of hydrogen-bond acceptors (Lipinski definition) is 2. The first-order valence-electron chi connectivity index (χ1n) is 6.73. The van der Waals surface area contributed by atoms with Crippen molar-refractivity contribution in [2.75, 3.05) is 25.0 Å². The molecular weight excluding hydrogens is 240 g/mol. The Bertz CT molecular complexity index is 411. The van der Waals surface area contributed by atoms with E-state index < -0.39 is 11.8 Å². The molecule has 0 aliphatic carbocycles. The molecule has 0 unspecified atom stereocenters. The molecule has 0 spiro atoms. The van der Waals surface area contributed by atoms with Crippen LogP contribution in [0.3, 0.4) is 0 Å². The van der Waals surface area contributed by atoms with Crippen molar-refractivity contribution in [2.45, 2.75) is 26.7 Å². The molecule has 1 aromatic carbocycles. The van der Waals surface area contributed by atoms with Crippen LogP contribution in [-0.2, 0) is 9.59 Å². The van der Waals surface area contributed by atoms with Gasteiger partial charge in [0, 0.05) is 25.8 Å². The fourth-order valence-electron chi connectivity index (χ4n) is 1.90. The smallest absolute Gasteiger partial charge is 0.316 e. The topological polar surface area (TPSA) is 40.6 Å². The standard InChI is InChI=1S/C15H22N2O2/c1-4-11-17(12-5-2)15(19)14(18)16(3)13-9-7-6-8-10-13/h6-10H,4-5,11-12H2,1-3H3. The molecule has 19 heavy (non-hydrogen) atoms. The van der Waals surface area contributed by atoms with Crippen LogP contribution in [0.4, 0.5) is 5.69 Å². The van der Waals surface area contributed by atoms with Crippen LogP contribution in [0.25, 0.3) is 0 Å². The van der Waals surface area contributed by atoms with Crippen LogP contribution in [0.2, 0.25) is 0 Å². The van der Waals surface area contributed by atoms with Crippen LogP contribution >= 0.6 is 0 Å². The maximum atomic E-state index is 12.2. The number of hydrogen-bond donors (Lipinski definition) is 0. The van der Waals surface area contributed by atoms with Gasteiger partial charge in [-0.1, -0.05) is 32.0 Å². The van der Waals surface area contributed by atoms with Crippen molar-refractivity contribution < 1.29 is 9.59 Å². The van der Waals surface area contributed by atoms with Gasteiger partial charge in [-0.15, -0.1) is 0 Å². The molecule has 0 atom stereocenters. The van der Waals surface area contributed by atoms with Crippen molar-refractivity contribution in [3.63, 3.8) is 0 Å². The number of nitrogens with zero attached hydrogens (tertiary/aromatic N) is 2. The Morgan fingerprint density at radius 1 is 0.947 bits per heavy atom. The van der Waals surface area contributed by atoms with Crippen LogP contribution in [-0.4, -0.2) is 36.9 Å². The molecule has 4 heteroatoms. The Labute approximate surface area is 115 Å². The molecule has 2 amide bonds. The minimum Gasteiger partial charge on any atom is -0.334 e. The van der Waals surface area contributed by atoms with Gasteiger partial charge in [-0.2, -0.15) is 0 Å². The van der Waals surface area contributed by atoms with E-state index in [0.717, 1.165) is 18.5 Å². The molecule has 0 aliphatic heterocycles. The van der Waals surface area contributed by atoms with Gasteiger partial charge in [0.15, 0.2) is 0 Å². The maximum Gasteiger partial charge on any atom is 0.316 e. The molecule has 0 radical (unpaired) electrons. The van der Waals surface area contributed by atoms with E-state index in [0.29, 0.717) is 13.1 Å². The Kier molecular flexibility index (Phi) is 6.06. The van der Waals surface area contributed by atoms with Crippen LogP contribution in [0.15, 0.2) is 30.3 Å². The van der Waals surface area contributed by atoms with Gasteiger partial charge >= 0.3 is 11.8 Å². The van der Waals surface area contributed by atoms with Gasteiger partial charge in [-0.05, 0) is 25.0 Å². The normalized spacial score (nSPS) is 10.1. The third kappa shape index (κ3) is 4.09. The zero-order valence-corrected chi connectivity index (χ0v) is 11.9. The molecule has 0 N–H and O–H groups in total. The number of rotatable bonds is 5. The second-order valence-electron chi connectivity index (χ2n) is 4.49. The van der Waals surface area contributed by atoms with Crippen LogP contribution in [0.5, 0.6) is 0 Å². The quantitative estimate of drug-likeness (QED) is 0.764. The predicted octanol–water partition coefficient (Wildman–Crippen LogP) is 2.30. The minimum absolute atomic E-state index is 0.421. The van der Waals surface area contributed by atoms with Gasteiger partial charge in [-0.3, -0.25) is 9.59 Å². The molecule has 0 bridgehead atoms. The third-order valence-corrected chi connectivity index (χ3v) is 2.91. The lowest BCUT2D eigenvalue weighted by Crippen LogP contribution is -2.44. The molecule has 0 saturated heterocycles. The van der Waals surface area contributed by atoms with Crippen molar-refractivity contribution in [2.24, 2.45) is 0 Å². The van der Waals surface area contributed by atoms with Gasteiger partial charge in [0.25, 0.3) is 0 Å². The second kappa shape index (κ2) is 7.56. The second-order valence-corrected chi connectivity index (χ2v) is 4.49.